The molecule has 0 spiro atoms. The normalized spacial score (nSPS) is 24.1. The molecule has 0 aromatic heterocycles. The highest BCUT2D eigenvalue weighted by Crippen LogP contribution is 2.31. The number of benzene rings is 1. The zero-order valence-electron chi connectivity index (χ0n) is 13.2. The molecule has 1 amide bonds. The molecule has 0 bridgehead atoms. The van der Waals surface area contributed by atoms with E-state index in [9.17, 15) is 9.59 Å². The topological polar surface area (TPSA) is 66.8 Å². The number of fused-ring (bicyclic) bond motifs is 1. The van der Waals surface area contributed by atoms with Crippen LogP contribution in [0.1, 0.15) is 49.3 Å². The summed E-state index contributed by atoms with van der Waals surface area (Å²) in [4.78, 5) is 25.7. The highest BCUT2D eigenvalue weighted by Gasteiger charge is 2.35. The van der Waals surface area contributed by atoms with Crippen molar-refractivity contribution in [3.8, 4) is 0 Å². The number of aliphatic carboxylic acids is 1. The Morgan fingerprint density at radius 3 is 2.91 bits per heavy atom. The monoisotopic (exact) mass is 317 g/mol. The SMILES string of the molecule is O=C(O)CC[C@H]1CCCCN1C(=O)[C@@H]1OCCc2ccccc21. The van der Waals surface area contributed by atoms with Crippen LogP contribution in [-0.2, 0) is 20.7 Å². The molecule has 1 fully saturated rings. The van der Waals surface area contributed by atoms with Crippen LogP contribution in [0, 0.1) is 0 Å². The second kappa shape index (κ2) is 7.13. The van der Waals surface area contributed by atoms with E-state index in [1.165, 1.54) is 5.56 Å². The Hall–Kier alpha value is -1.88. The van der Waals surface area contributed by atoms with Crippen molar-refractivity contribution in [2.24, 2.45) is 0 Å². The highest BCUT2D eigenvalue weighted by molar-refractivity contribution is 5.83. The summed E-state index contributed by atoms with van der Waals surface area (Å²) in [5.74, 6) is -0.811. The summed E-state index contributed by atoms with van der Waals surface area (Å²) >= 11 is 0. The van der Waals surface area contributed by atoms with Gasteiger partial charge in [-0.2, -0.15) is 0 Å². The molecule has 0 radical (unpaired) electrons. The number of amides is 1. The van der Waals surface area contributed by atoms with Crippen LogP contribution in [0.5, 0.6) is 0 Å². The number of nitrogens with zero attached hydrogens (tertiary/aromatic N) is 1. The zero-order valence-corrected chi connectivity index (χ0v) is 13.2. The number of rotatable bonds is 4. The van der Waals surface area contributed by atoms with Gasteiger partial charge in [-0.15, -0.1) is 0 Å². The molecule has 0 aliphatic carbocycles. The first-order valence-electron chi connectivity index (χ1n) is 8.38. The molecule has 2 aliphatic heterocycles. The van der Waals surface area contributed by atoms with Gasteiger partial charge in [-0.05, 0) is 43.2 Å². The van der Waals surface area contributed by atoms with Crippen LogP contribution in [0.4, 0.5) is 0 Å². The second-order valence-electron chi connectivity index (χ2n) is 6.31. The van der Waals surface area contributed by atoms with Gasteiger partial charge in [0, 0.05) is 19.0 Å². The van der Waals surface area contributed by atoms with E-state index in [1.54, 1.807) is 0 Å². The van der Waals surface area contributed by atoms with E-state index in [0.717, 1.165) is 31.2 Å². The minimum atomic E-state index is -0.803. The third-order valence-corrected chi connectivity index (χ3v) is 4.82. The number of carbonyl (C=O) groups is 2. The molecular formula is C18H23NO4. The Kier molecular flexibility index (Phi) is 4.96. The van der Waals surface area contributed by atoms with E-state index < -0.39 is 12.1 Å². The minimum Gasteiger partial charge on any atom is -0.481 e. The fourth-order valence-electron chi connectivity index (χ4n) is 3.63. The van der Waals surface area contributed by atoms with Gasteiger partial charge in [-0.1, -0.05) is 24.3 Å². The standard InChI is InChI=1S/C18H23NO4/c20-16(21)9-8-14-6-3-4-11-19(14)18(22)17-15-7-2-1-5-13(15)10-12-23-17/h1-2,5,7,14,17H,3-4,6,8-12H2,(H,20,21)/t14-,17-/m1/s1. The van der Waals surface area contributed by atoms with Gasteiger partial charge in [-0.25, -0.2) is 0 Å². The van der Waals surface area contributed by atoms with Crippen molar-refractivity contribution < 1.29 is 19.4 Å². The molecule has 1 N–H and O–H groups in total. The number of ether oxygens (including phenoxy) is 1. The maximum Gasteiger partial charge on any atom is 0.303 e. The van der Waals surface area contributed by atoms with Crippen molar-refractivity contribution in [2.45, 2.75) is 50.7 Å². The molecule has 2 heterocycles. The predicted octanol–water partition coefficient (Wildman–Crippen LogP) is 2.55. The zero-order chi connectivity index (χ0) is 16.2. The van der Waals surface area contributed by atoms with Gasteiger partial charge < -0.3 is 14.7 Å². The summed E-state index contributed by atoms with van der Waals surface area (Å²) < 4.78 is 5.79. The van der Waals surface area contributed by atoms with Crippen LogP contribution in [0.3, 0.4) is 0 Å². The molecule has 5 nitrogen and oxygen atoms in total. The van der Waals surface area contributed by atoms with Crippen LogP contribution in [0.2, 0.25) is 0 Å². The van der Waals surface area contributed by atoms with E-state index >= 15 is 0 Å². The molecule has 1 aromatic rings. The Labute approximate surface area is 136 Å². The number of carboxylic acid groups (broad SMARTS) is 1. The van der Waals surface area contributed by atoms with Gasteiger partial charge in [0.1, 0.15) is 0 Å². The number of hydrogen-bond acceptors (Lipinski definition) is 3. The van der Waals surface area contributed by atoms with Crippen molar-refractivity contribution in [3.63, 3.8) is 0 Å². The van der Waals surface area contributed by atoms with Gasteiger partial charge in [0.15, 0.2) is 6.10 Å². The molecule has 3 rings (SSSR count). The van der Waals surface area contributed by atoms with Gasteiger partial charge >= 0.3 is 5.97 Å². The van der Waals surface area contributed by atoms with Crippen molar-refractivity contribution in [1.29, 1.82) is 0 Å². The summed E-state index contributed by atoms with van der Waals surface area (Å²) in [6.07, 6.45) is 3.84. The second-order valence-corrected chi connectivity index (χ2v) is 6.31. The summed E-state index contributed by atoms with van der Waals surface area (Å²) in [5, 5.41) is 8.92. The number of likely N-dealkylation sites (tertiary alicyclic amines) is 1. The van der Waals surface area contributed by atoms with Crippen molar-refractivity contribution in [1.82, 2.24) is 4.90 Å². The van der Waals surface area contributed by atoms with Gasteiger partial charge in [0.05, 0.1) is 6.61 Å². The Morgan fingerprint density at radius 2 is 2.09 bits per heavy atom. The molecule has 0 saturated carbocycles. The summed E-state index contributed by atoms with van der Waals surface area (Å²) in [7, 11) is 0. The van der Waals surface area contributed by atoms with Crippen molar-refractivity contribution >= 4 is 11.9 Å². The largest absolute Gasteiger partial charge is 0.481 e. The third kappa shape index (κ3) is 3.55. The molecule has 23 heavy (non-hydrogen) atoms. The molecule has 5 heteroatoms. The number of hydrogen-bond donors (Lipinski definition) is 1. The average molecular weight is 317 g/mol. The number of carboxylic acids is 1. The lowest BCUT2D eigenvalue weighted by Gasteiger charge is -2.39. The van der Waals surface area contributed by atoms with E-state index in [2.05, 4.69) is 6.07 Å². The van der Waals surface area contributed by atoms with Crippen LogP contribution in [-0.4, -0.2) is 41.1 Å². The fraction of sp³-hybridized carbons (Fsp3) is 0.556. The van der Waals surface area contributed by atoms with Crippen LogP contribution >= 0.6 is 0 Å². The smallest absolute Gasteiger partial charge is 0.303 e. The maximum atomic E-state index is 13.0. The molecule has 1 aromatic carbocycles. The van der Waals surface area contributed by atoms with Crippen molar-refractivity contribution in [3.05, 3.63) is 35.4 Å². The molecule has 2 aliphatic rings. The molecule has 124 valence electrons. The summed E-state index contributed by atoms with van der Waals surface area (Å²) in [6.45, 7) is 1.26. The number of piperidine rings is 1. The van der Waals surface area contributed by atoms with Crippen LogP contribution in [0.15, 0.2) is 24.3 Å². The highest BCUT2D eigenvalue weighted by atomic mass is 16.5. The van der Waals surface area contributed by atoms with Gasteiger partial charge in [0.25, 0.3) is 5.91 Å². The first-order valence-corrected chi connectivity index (χ1v) is 8.38. The van der Waals surface area contributed by atoms with E-state index in [1.807, 2.05) is 23.1 Å². The van der Waals surface area contributed by atoms with Gasteiger partial charge in [-0.3, -0.25) is 9.59 Å². The minimum absolute atomic E-state index is 0.00719. The Balaban J connectivity index is 1.77. The van der Waals surface area contributed by atoms with Crippen LogP contribution in [0.25, 0.3) is 0 Å². The van der Waals surface area contributed by atoms with Crippen molar-refractivity contribution in [2.75, 3.05) is 13.2 Å². The predicted molar refractivity (Wildman–Crippen MR) is 85.1 cm³/mol. The first-order chi connectivity index (χ1) is 11.2. The van der Waals surface area contributed by atoms with E-state index in [4.69, 9.17) is 9.84 Å². The van der Waals surface area contributed by atoms with Gasteiger partial charge in [0.2, 0.25) is 0 Å². The molecular weight excluding hydrogens is 294 g/mol. The summed E-state index contributed by atoms with van der Waals surface area (Å²) in [6, 6.07) is 7.96. The summed E-state index contributed by atoms with van der Waals surface area (Å²) in [5.41, 5.74) is 2.14. The molecule has 1 saturated heterocycles. The van der Waals surface area contributed by atoms with E-state index in [0.29, 0.717) is 19.6 Å². The molecule has 2 atom stereocenters. The quantitative estimate of drug-likeness (QED) is 0.927. The number of carbonyl (C=O) groups excluding carboxylic acids is 1. The van der Waals surface area contributed by atoms with Crippen LogP contribution < -0.4 is 0 Å². The Bertz CT molecular complexity index is 586. The fourth-order valence-corrected chi connectivity index (χ4v) is 3.63. The first kappa shape index (κ1) is 16.0. The average Bonchev–Trinajstić information content (AvgIpc) is 2.59. The lowest BCUT2D eigenvalue weighted by Crippen LogP contribution is -2.47. The molecule has 0 unspecified atom stereocenters. The lowest BCUT2D eigenvalue weighted by molar-refractivity contribution is -0.150. The maximum absolute atomic E-state index is 13.0. The Morgan fingerprint density at radius 1 is 1.26 bits per heavy atom. The van der Waals surface area contributed by atoms with E-state index in [-0.39, 0.29) is 18.4 Å². The lowest BCUT2D eigenvalue weighted by atomic mass is 9.93. The third-order valence-electron chi connectivity index (χ3n) is 4.82.